The molecular weight excluding hydrogens is 434 g/mol. The smallest absolute Gasteiger partial charge is 0.142 e. The quantitative estimate of drug-likeness (QED) is 0.241. The lowest BCUT2D eigenvalue weighted by molar-refractivity contribution is 0.297. The monoisotopic (exact) mass is 450 g/mol. The average molecular weight is 451 g/mol. The molecular formula is C20H17Cl2FN4OS. The Bertz CT molecular complexity index is 1120. The molecule has 9 heteroatoms. The Morgan fingerprint density at radius 1 is 1.21 bits per heavy atom. The SMILES string of the molecule is Fc1cc(OCCCn2cccn2)ccc1SNc1ccc(Cl)c2c(Cl)c[nH]c12. The van der Waals surface area contributed by atoms with E-state index in [4.69, 9.17) is 27.9 Å². The highest BCUT2D eigenvalue weighted by molar-refractivity contribution is 8.00. The number of anilines is 1. The largest absolute Gasteiger partial charge is 0.493 e. The number of rotatable bonds is 8. The van der Waals surface area contributed by atoms with Gasteiger partial charge in [0.05, 0.1) is 32.8 Å². The van der Waals surface area contributed by atoms with Crippen LogP contribution in [0.1, 0.15) is 6.42 Å². The lowest BCUT2D eigenvalue weighted by Gasteiger charge is -2.10. The summed E-state index contributed by atoms with van der Waals surface area (Å²) < 4.78 is 25.1. The van der Waals surface area contributed by atoms with Gasteiger partial charge in [0.1, 0.15) is 11.6 Å². The number of hydrogen-bond acceptors (Lipinski definition) is 4. The van der Waals surface area contributed by atoms with Crippen LogP contribution in [0.15, 0.2) is 59.9 Å². The van der Waals surface area contributed by atoms with E-state index in [2.05, 4.69) is 14.8 Å². The topological polar surface area (TPSA) is 54.9 Å². The molecule has 0 saturated carbocycles. The first-order valence-electron chi connectivity index (χ1n) is 8.89. The van der Waals surface area contributed by atoms with Gasteiger partial charge in [0.15, 0.2) is 0 Å². The normalized spacial score (nSPS) is 11.1. The number of aryl methyl sites for hydroxylation is 1. The number of hydrogen-bond donors (Lipinski definition) is 2. The Morgan fingerprint density at radius 2 is 2.10 bits per heavy atom. The molecule has 0 fully saturated rings. The van der Waals surface area contributed by atoms with E-state index >= 15 is 0 Å². The maximum Gasteiger partial charge on any atom is 0.142 e. The van der Waals surface area contributed by atoms with Crippen LogP contribution in [-0.2, 0) is 6.54 Å². The van der Waals surface area contributed by atoms with Gasteiger partial charge in [-0.2, -0.15) is 5.10 Å². The average Bonchev–Trinajstić information content (AvgIpc) is 3.36. The van der Waals surface area contributed by atoms with Crippen molar-refractivity contribution >= 4 is 51.7 Å². The fraction of sp³-hybridized carbons (Fsp3) is 0.150. The minimum absolute atomic E-state index is 0.359. The van der Waals surface area contributed by atoms with Crippen molar-refractivity contribution in [1.82, 2.24) is 14.8 Å². The van der Waals surface area contributed by atoms with E-state index in [9.17, 15) is 4.39 Å². The number of H-pyrrole nitrogens is 1. The van der Waals surface area contributed by atoms with Gasteiger partial charge in [-0.15, -0.1) is 0 Å². The molecule has 2 aromatic carbocycles. The Kier molecular flexibility index (Phi) is 6.18. The third-order valence-corrected chi connectivity index (χ3v) is 5.76. The molecule has 29 heavy (non-hydrogen) atoms. The molecule has 0 spiro atoms. The fourth-order valence-corrected chi connectivity index (χ4v) is 4.11. The third kappa shape index (κ3) is 4.63. The van der Waals surface area contributed by atoms with Crippen LogP contribution in [-0.4, -0.2) is 21.4 Å². The van der Waals surface area contributed by atoms with Crippen molar-refractivity contribution in [3.05, 3.63) is 70.9 Å². The van der Waals surface area contributed by atoms with Gasteiger partial charge in [-0.05, 0) is 42.3 Å². The Labute approximate surface area is 181 Å². The van der Waals surface area contributed by atoms with Gasteiger partial charge < -0.3 is 14.4 Å². The highest BCUT2D eigenvalue weighted by Gasteiger charge is 2.12. The number of ether oxygens (including phenoxy) is 1. The van der Waals surface area contributed by atoms with E-state index in [1.54, 1.807) is 30.6 Å². The van der Waals surface area contributed by atoms with Crippen LogP contribution in [0.25, 0.3) is 10.9 Å². The number of halogens is 3. The van der Waals surface area contributed by atoms with E-state index < -0.39 is 0 Å². The Balaban J connectivity index is 1.36. The summed E-state index contributed by atoms with van der Waals surface area (Å²) in [6.45, 7) is 1.24. The molecule has 4 rings (SSSR count). The maximum absolute atomic E-state index is 14.5. The number of benzene rings is 2. The van der Waals surface area contributed by atoms with E-state index in [0.29, 0.717) is 27.3 Å². The molecule has 2 N–H and O–H groups in total. The number of aromatic amines is 1. The molecule has 0 aliphatic heterocycles. The highest BCUT2D eigenvalue weighted by atomic mass is 35.5. The van der Waals surface area contributed by atoms with Crippen LogP contribution >= 0.6 is 35.1 Å². The molecule has 5 nitrogen and oxygen atoms in total. The number of nitrogens with zero attached hydrogens (tertiary/aromatic N) is 2. The molecule has 0 amide bonds. The molecule has 0 radical (unpaired) electrons. The van der Waals surface area contributed by atoms with Gasteiger partial charge in [-0.3, -0.25) is 4.68 Å². The maximum atomic E-state index is 14.5. The molecule has 0 saturated heterocycles. The summed E-state index contributed by atoms with van der Waals surface area (Å²) in [7, 11) is 0. The van der Waals surface area contributed by atoms with Crippen LogP contribution in [0.5, 0.6) is 5.75 Å². The predicted molar refractivity (Wildman–Crippen MR) is 117 cm³/mol. The zero-order valence-corrected chi connectivity index (χ0v) is 17.5. The van der Waals surface area contributed by atoms with Crippen molar-refractivity contribution in [2.75, 3.05) is 11.3 Å². The second-order valence-electron chi connectivity index (χ2n) is 6.25. The van der Waals surface area contributed by atoms with Crippen LogP contribution in [0.4, 0.5) is 10.1 Å². The fourth-order valence-electron chi connectivity index (χ4n) is 2.87. The predicted octanol–water partition coefficient (Wildman–Crippen LogP) is 6.40. The zero-order chi connectivity index (χ0) is 20.2. The molecule has 150 valence electrons. The summed E-state index contributed by atoms with van der Waals surface area (Å²) in [5.74, 6) is 0.138. The lowest BCUT2D eigenvalue weighted by atomic mass is 10.2. The summed E-state index contributed by atoms with van der Waals surface area (Å²) in [6, 6.07) is 10.3. The number of nitrogens with one attached hydrogen (secondary N) is 2. The summed E-state index contributed by atoms with van der Waals surface area (Å²) in [5.41, 5.74) is 1.53. The van der Waals surface area contributed by atoms with E-state index in [-0.39, 0.29) is 5.82 Å². The number of aromatic nitrogens is 3. The van der Waals surface area contributed by atoms with E-state index in [1.165, 1.54) is 18.0 Å². The van der Waals surface area contributed by atoms with Crippen LogP contribution in [0, 0.1) is 5.82 Å². The van der Waals surface area contributed by atoms with Gasteiger partial charge >= 0.3 is 0 Å². The number of fused-ring (bicyclic) bond motifs is 1. The minimum atomic E-state index is -0.359. The van der Waals surface area contributed by atoms with Gasteiger partial charge in [0.25, 0.3) is 0 Å². The van der Waals surface area contributed by atoms with Crippen LogP contribution in [0.2, 0.25) is 10.0 Å². The first-order chi connectivity index (χ1) is 14.1. The van der Waals surface area contributed by atoms with Gasteiger partial charge in [0, 0.05) is 43.0 Å². The molecule has 0 bridgehead atoms. The minimum Gasteiger partial charge on any atom is -0.493 e. The standard InChI is InChI=1S/C20H17Cl2FN4OS/c21-14-4-5-17(20-19(14)15(22)12-24-20)26-29-18-6-3-13(11-16(18)23)28-10-2-9-27-8-1-7-25-27/h1,3-8,11-12,24,26H,2,9-10H2. The Hall–Kier alpha value is -2.35. The highest BCUT2D eigenvalue weighted by Crippen LogP contribution is 2.36. The first kappa shape index (κ1) is 19.9. The molecule has 2 aromatic heterocycles. The summed E-state index contributed by atoms with van der Waals surface area (Å²) >= 11 is 13.5. The van der Waals surface area contributed by atoms with Gasteiger partial charge in [-0.1, -0.05) is 23.2 Å². The second kappa shape index (κ2) is 8.98. The van der Waals surface area contributed by atoms with Crippen molar-refractivity contribution in [2.24, 2.45) is 0 Å². The molecule has 0 unspecified atom stereocenters. The van der Waals surface area contributed by atoms with E-state index in [1.807, 2.05) is 23.0 Å². The van der Waals surface area contributed by atoms with Crippen molar-refractivity contribution in [3.8, 4) is 5.75 Å². The molecule has 4 aromatic rings. The van der Waals surface area contributed by atoms with Crippen LogP contribution < -0.4 is 9.46 Å². The molecule has 2 heterocycles. The Morgan fingerprint density at radius 3 is 2.90 bits per heavy atom. The van der Waals surface area contributed by atoms with Crippen molar-refractivity contribution in [3.63, 3.8) is 0 Å². The second-order valence-corrected chi connectivity index (χ2v) is 7.91. The zero-order valence-electron chi connectivity index (χ0n) is 15.2. The first-order valence-corrected chi connectivity index (χ1v) is 10.5. The van der Waals surface area contributed by atoms with Crippen molar-refractivity contribution in [2.45, 2.75) is 17.9 Å². The van der Waals surface area contributed by atoms with Crippen molar-refractivity contribution in [1.29, 1.82) is 0 Å². The lowest BCUT2D eigenvalue weighted by Crippen LogP contribution is -2.05. The summed E-state index contributed by atoms with van der Waals surface area (Å²) in [4.78, 5) is 3.54. The van der Waals surface area contributed by atoms with E-state index in [0.717, 1.165) is 29.6 Å². The molecule has 0 aliphatic carbocycles. The van der Waals surface area contributed by atoms with Crippen molar-refractivity contribution < 1.29 is 9.13 Å². The van der Waals surface area contributed by atoms with Gasteiger partial charge in [0.2, 0.25) is 0 Å². The van der Waals surface area contributed by atoms with Gasteiger partial charge in [-0.25, -0.2) is 4.39 Å². The molecule has 0 atom stereocenters. The summed E-state index contributed by atoms with van der Waals surface area (Å²) in [5, 5.41) is 5.96. The van der Waals surface area contributed by atoms with Crippen LogP contribution in [0.3, 0.4) is 0 Å². The third-order valence-electron chi connectivity index (χ3n) is 4.27. The molecule has 0 aliphatic rings. The summed E-state index contributed by atoms with van der Waals surface area (Å²) in [6.07, 6.45) is 6.09.